The second-order valence-corrected chi connectivity index (χ2v) is 7.05. The van der Waals surface area contributed by atoms with Crippen molar-refractivity contribution in [2.75, 3.05) is 24.7 Å². The molecular weight excluding hydrogens is 276 g/mol. The highest BCUT2D eigenvalue weighted by Gasteiger charge is 2.02. The first-order valence-corrected chi connectivity index (χ1v) is 9.63. The van der Waals surface area contributed by atoms with Gasteiger partial charge in [-0.15, -0.1) is 0 Å². The normalized spacial score (nSPS) is 10.8. The zero-order valence-electron chi connectivity index (χ0n) is 14.2. The highest BCUT2D eigenvalue weighted by molar-refractivity contribution is 7.98. The van der Waals surface area contributed by atoms with E-state index in [1.807, 2.05) is 11.8 Å². The molecule has 0 atom stereocenters. The Morgan fingerprint density at radius 1 is 0.905 bits per heavy atom. The highest BCUT2D eigenvalue weighted by Crippen LogP contribution is 2.12. The average molecular weight is 310 g/mol. The minimum Gasteiger partial charge on any atom is -0.377 e. The molecule has 0 aliphatic carbocycles. The van der Waals surface area contributed by atoms with Gasteiger partial charge in [-0.1, -0.05) is 63.6 Å². The Labute approximate surface area is 135 Å². The summed E-state index contributed by atoms with van der Waals surface area (Å²) in [4.78, 5) is 2.14. The van der Waals surface area contributed by atoms with Gasteiger partial charge in [0.05, 0.1) is 0 Å². The Kier molecular flexibility index (Phi) is 10.4. The topological polar surface area (TPSA) is 7.12 Å². The molecule has 0 radical (unpaired) electrons. The number of hydrogen-bond acceptors (Lipinski definition) is 2. The summed E-state index contributed by atoms with van der Waals surface area (Å²) in [6, 6.07) is 4.35. The van der Waals surface area contributed by atoms with E-state index in [1.54, 1.807) is 0 Å². The number of anilines is 1. The lowest BCUT2D eigenvalue weighted by atomic mass is 10.1. The van der Waals surface area contributed by atoms with Gasteiger partial charge in [0.15, 0.2) is 18.3 Å². The van der Waals surface area contributed by atoms with Crippen molar-refractivity contribution < 1.29 is 4.57 Å². The Balaban J connectivity index is 1.96. The SMILES string of the molecule is CCCCCCCCCCSC[n+]1ccc(N(C)C)cc1. The molecule has 1 heterocycles. The van der Waals surface area contributed by atoms with E-state index in [9.17, 15) is 0 Å². The maximum absolute atomic E-state index is 2.28. The van der Waals surface area contributed by atoms with Gasteiger partial charge in [0.1, 0.15) is 0 Å². The van der Waals surface area contributed by atoms with Crippen LogP contribution in [0.25, 0.3) is 0 Å². The van der Waals surface area contributed by atoms with E-state index in [2.05, 4.69) is 55.0 Å². The first-order valence-electron chi connectivity index (χ1n) is 8.48. The fourth-order valence-corrected chi connectivity index (χ4v) is 3.26. The van der Waals surface area contributed by atoms with E-state index < -0.39 is 0 Å². The molecule has 0 saturated heterocycles. The van der Waals surface area contributed by atoms with Crippen LogP contribution in [0.3, 0.4) is 0 Å². The van der Waals surface area contributed by atoms with Gasteiger partial charge in [-0.05, 0) is 12.2 Å². The maximum atomic E-state index is 2.28. The van der Waals surface area contributed by atoms with Crippen molar-refractivity contribution in [2.45, 2.75) is 64.2 Å². The number of thioether (sulfide) groups is 1. The van der Waals surface area contributed by atoms with Gasteiger partial charge in [0, 0.05) is 31.9 Å². The molecule has 0 unspecified atom stereocenters. The van der Waals surface area contributed by atoms with Gasteiger partial charge in [-0.2, -0.15) is 4.57 Å². The number of pyridine rings is 1. The molecule has 1 aromatic rings. The van der Waals surface area contributed by atoms with Crippen molar-refractivity contribution in [3.05, 3.63) is 24.5 Å². The molecule has 0 aliphatic rings. The summed E-state index contributed by atoms with van der Waals surface area (Å²) in [6.45, 7) is 2.28. The second kappa shape index (κ2) is 11.9. The summed E-state index contributed by atoms with van der Waals surface area (Å²) in [5, 5.41) is 0. The van der Waals surface area contributed by atoms with Crippen LogP contribution in [0.4, 0.5) is 5.69 Å². The quantitative estimate of drug-likeness (QED) is 0.401. The third kappa shape index (κ3) is 9.02. The van der Waals surface area contributed by atoms with Crippen molar-refractivity contribution in [1.29, 1.82) is 0 Å². The van der Waals surface area contributed by atoms with Gasteiger partial charge in [0.2, 0.25) is 0 Å². The number of nitrogens with zero attached hydrogens (tertiary/aromatic N) is 2. The van der Waals surface area contributed by atoms with E-state index in [0.717, 1.165) is 5.88 Å². The van der Waals surface area contributed by atoms with Crippen molar-refractivity contribution in [3.63, 3.8) is 0 Å². The van der Waals surface area contributed by atoms with Crippen LogP contribution in [0, 0.1) is 0 Å². The molecule has 0 aliphatic heterocycles. The summed E-state index contributed by atoms with van der Waals surface area (Å²) in [7, 11) is 4.16. The predicted molar refractivity (Wildman–Crippen MR) is 96.0 cm³/mol. The largest absolute Gasteiger partial charge is 0.377 e. The van der Waals surface area contributed by atoms with E-state index in [0.29, 0.717) is 0 Å². The Bertz CT molecular complexity index is 349. The first-order chi connectivity index (χ1) is 10.2. The van der Waals surface area contributed by atoms with Crippen molar-refractivity contribution in [1.82, 2.24) is 0 Å². The monoisotopic (exact) mass is 309 g/mol. The van der Waals surface area contributed by atoms with E-state index in [1.165, 1.54) is 62.8 Å². The summed E-state index contributed by atoms with van der Waals surface area (Å²) < 4.78 is 2.27. The Hall–Kier alpha value is -0.700. The van der Waals surface area contributed by atoms with Crippen molar-refractivity contribution in [2.24, 2.45) is 0 Å². The third-order valence-corrected chi connectivity index (χ3v) is 4.83. The number of rotatable bonds is 12. The minimum atomic E-state index is 1.07. The summed E-state index contributed by atoms with van der Waals surface area (Å²) in [5.41, 5.74) is 1.26. The smallest absolute Gasteiger partial charge is 0.194 e. The predicted octanol–water partition coefficient (Wildman–Crippen LogP) is 4.87. The Morgan fingerprint density at radius 3 is 2.05 bits per heavy atom. The van der Waals surface area contributed by atoms with Gasteiger partial charge < -0.3 is 4.90 Å². The first kappa shape index (κ1) is 18.3. The number of unbranched alkanes of at least 4 members (excludes halogenated alkanes) is 7. The summed E-state index contributed by atoms with van der Waals surface area (Å²) >= 11 is 2.04. The summed E-state index contributed by atoms with van der Waals surface area (Å²) in [5.74, 6) is 2.36. The van der Waals surface area contributed by atoms with Gasteiger partial charge in [-0.25, -0.2) is 0 Å². The molecular formula is C18H33N2S+. The summed E-state index contributed by atoms with van der Waals surface area (Å²) in [6.07, 6.45) is 15.6. The molecule has 0 aromatic carbocycles. The molecule has 3 heteroatoms. The standard InChI is InChI=1S/C18H33N2S/c1-4-5-6-7-8-9-10-11-16-21-17-20-14-12-18(13-15-20)19(2)3/h12-15H,4-11,16-17H2,1-3H3/q+1. The number of aromatic nitrogens is 1. The van der Waals surface area contributed by atoms with Crippen LogP contribution in [-0.4, -0.2) is 19.8 Å². The van der Waals surface area contributed by atoms with E-state index in [4.69, 9.17) is 0 Å². The van der Waals surface area contributed by atoms with Gasteiger partial charge in [-0.3, -0.25) is 0 Å². The molecule has 0 N–H and O–H groups in total. The molecule has 120 valence electrons. The van der Waals surface area contributed by atoms with Crippen LogP contribution in [0.1, 0.15) is 58.3 Å². The lowest BCUT2D eigenvalue weighted by Crippen LogP contribution is -2.31. The molecule has 1 rings (SSSR count). The molecule has 21 heavy (non-hydrogen) atoms. The minimum absolute atomic E-state index is 1.07. The van der Waals surface area contributed by atoms with E-state index in [-0.39, 0.29) is 0 Å². The molecule has 0 bridgehead atoms. The van der Waals surface area contributed by atoms with Crippen LogP contribution in [0.15, 0.2) is 24.5 Å². The lowest BCUT2D eigenvalue weighted by molar-refractivity contribution is -0.675. The molecule has 0 fully saturated rings. The van der Waals surface area contributed by atoms with Crippen LogP contribution >= 0.6 is 11.8 Å². The third-order valence-electron chi connectivity index (χ3n) is 3.77. The fraction of sp³-hybridized carbons (Fsp3) is 0.722. The van der Waals surface area contributed by atoms with Gasteiger partial charge >= 0.3 is 0 Å². The van der Waals surface area contributed by atoms with Crippen LogP contribution in [0.5, 0.6) is 0 Å². The average Bonchev–Trinajstić information content (AvgIpc) is 2.49. The zero-order chi connectivity index (χ0) is 15.3. The highest BCUT2D eigenvalue weighted by atomic mass is 32.2. The molecule has 2 nitrogen and oxygen atoms in total. The number of hydrogen-bond donors (Lipinski definition) is 0. The van der Waals surface area contributed by atoms with E-state index >= 15 is 0 Å². The van der Waals surface area contributed by atoms with Crippen molar-refractivity contribution in [3.8, 4) is 0 Å². The molecule has 1 aromatic heterocycles. The zero-order valence-corrected chi connectivity index (χ0v) is 15.0. The van der Waals surface area contributed by atoms with Gasteiger partial charge in [0.25, 0.3) is 0 Å². The molecule has 0 amide bonds. The Morgan fingerprint density at radius 2 is 1.48 bits per heavy atom. The maximum Gasteiger partial charge on any atom is 0.194 e. The molecule has 0 spiro atoms. The van der Waals surface area contributed by atoms with Crippen LogP contribution in [-0.2, 0) is 5.88 Å². The van der Waals surface area contributed by atoms with Crippen molar-refractivity contribution >= 4 is 17.4 Å². The second-order valence-electron chi connectivity index (χ2n) is 5.98. The van der Waals surface area contributed by atoms with Crippen LogP contribution < -0.4 is 9.47 Å². The fourth-order valence-electron chi connectivity index (χ4n) is 2.34. The van der Waals surface area contributed by atoms with Crippen LogP contribution in [0.2, 0.25) is 0 Å². The lowest BCUT2D eigenvalue weighted by Gasteiger charge is -2.10. The molecule has 0 saturated carbocycles.